The lowest BCUT2D eigenvalue weighted by molar-refractivity contribution is -0.143. The Balaban J connectivity index is 1.91. The van der Waals surface area contributed by atoms with Crippen molar-refractivity contribution in [1.29, 1.82) is 0 Å². The molecule has 1 aliphatic rings. The van der Waals surface area contributed by atoms with Crippen molar-refractivity contribution in [3.8, 4) is 12.3 Å². The fraction of sp³-hybridized carbons (Fsp3) is 0.545. The van der Waals surface area contributed by atoms with Crippen LogP contribution in [0.1, 0.15) is 18.9 Å². The molecule has 0 saturated heterocycles. The Bertz CT molecular complexity index is 548. The number of carboxylic acid groups (broad SMARTS) is 1. The topological polar surface area (TPSA) is 101 Å². The number of amides is 1. The van der Waals surface area contributed by atoms with E-state index in [0.29, 0.717) is 11.2 Å². The molecule has 0 bridgehead atoms. The molecule has 0 aromatic carbocycles. The van der Waals surface area contributed by atoms with Gasteiger partial charge < -0.3 is 10.0 Å². The first-order chi connectivity index (χ1) is 9.61. The van der Waals surface area contributed by atoms with Crippen molar-refractivity contribution in [2.24, 2.45) is 0 Å². The minimum atomic E-state index is -1.10. The summed E-state index contributed by atoms with van der Waals surface area (Å²) in [7, 11) is 0. The van der Waals surface area contributed by atoms with Crippen LogP contribution in [-0.2, 0) is 9.59 Å². The average molecular weight is 295 g/mol. The van der Waals surface area contributed by atoms with Gasteiger partial charge in [0.15, 0.2) is 0 Å². The monoisotopic (exact) mass is 295 g/mol. The second-order valence-electron chi connectivity index (χ2n) is 4.27. The van der Waals surface area contributed by atoms with Gasteiger partial charge in [0.25, 0.3) is 0 Å². The first kappa shape index (κ1) is 14.3. The Morgan fingerprint density at radius 2 is 2.30 bits per heavy atom. The van der Waals surface area contributed by atoms with Crippen LogP contribution in [0, 0.1) is 12.3 Å². The fourth-order valence-electron chi connectivity index (χ4n) is 1.55. The highest BCUT2D eigenvalue weighted by molar-refractivity contribution is 7.99. The standard InChI is InChI=1S/C11H13N5O3S/c1-2-5-15(6-10(18)19)9(17)7-20-11-12-13-14-16(11)8-3-4-8/h1,8H,3-7H2,(H,18,19). The zero-order valence-electron chi connectivity index (χ0n) is 10.6. The largest absolute Gasteiger partial charge is 0.480 e. The summed E-state index contributed by atoms with van der Waals surface area (Å²) in [5.41, 5.74) is 0. The fourth-order valence-corrected chi connectivity index (χ4v) is 2.40. The molecule has 8 nitrogen and oxygen atoms in total. The lowest BCUT2D eigenvalue weighted by Gasteiger charge is -2.17. The molecule has 1 aromatic rings. The Hall–Kier alpha value is -2.08. The first-order valence-corrected chi connectivity index (χ1v) is 6.94. The predicted molar refractivity (Wildman–Crippen MR) is 69.9 cm³/mol. The predicted octanol–water partition coefficient (Wildman–Crippen LogP) is -0.354. The average Bonchev–Trinajstić information content (AvgIpc) is 3.14. The molecule has 1 heterocycles. The number of thioether (sulfide) groups is 1. The molecule has 0 spiro atoms. The van der Waals surface area contributed by atoms with Gasteiger partial charge in [-0.25, -0.2) is 4.68 Å². The van der Waals surface area contributed by atoms with E-state index < -0.39 is 12.5 Å². The third-order valence-electron chi connectivity index (χ3n) is 2.64. The lowest BCUT2D eigenvalue weighted by atomic mass is 10.4. The van der Waals surface area contributed by atoms with Gasteiger partial charge in [0.05, 0.1) is 18.3 Å². The molecule has 0 aliphatic heterocycles. The summed E-state index contributed by atoms with van der Waals surface area (Å²) >= 11 is 1.19. The third kappa shape index (κ3) is 3.71. The number of carbonyl (C=O) groups excluding carboxylic acids is 1. The number of hydrogen-bond donors (Lipinski definition) is 1. The SMILES string of the molecule is C#CCN(CC(=O)O)C(=O)CSc1nnnn1C1CC1. The second-order valence-corrected chi connectivity index (χ2v) is 5.22. The summed E-state index contributed by atoms with van der Waals surface area (Å²) < 4.78 is 1.70. The molecule has 1 saturated carbocycles. The first-order valence-electron chi connectivity index (χ1n) is 5.95. The van der Waals surface area contributed by atoms with Crippen LogP contribution in [0.2, 0.25) is 0 Å². The van der Waals surface area contributed by atoms with Gasteiger partial charge in [0.1, 0.15) is 6.54 Å². The number of hydrogen-bond acceptors (Lipinski definition) is 6. The number of aliphatic carboxylic acids is 1. The normalized spacial score (nSPS) is 13.8. The zero-order valence-corrected chi connectivity index (χ0v) is 11.4. The van der Waals surface area contributed by atoms with Gasteiger partial charge in [-0.15, -0.1) is 11.5 Å². The van der Waals surface area contributed by atoms with Gasteiger partial charge in [-0.2, -0.15) is 0 Å². The van der Waals surface area contributed by atoms with Gasteiger partial charge in [0.2, 0.25) is 11.1 Å². The van der Waals surface area contributed by atoms with Crippen molar-refractivity contribution in [1.82, 2.24) is 25.1 Å². The van der Waals surface area contributed by atoms with Crippen LogP contribution in [0.25, 0.3) is 0 Å². The third-order valence-corrected chi connectivity index (χ3v) is 3.56. The van der Waals surface area contributed by atoms with Gasteiger partial charge in [-0.1, -0.05) is 17.7 Å². The number of aromatic nitrogens is 4. The van der Waals surface area contributed by atoms with Crippen LogP contribution in [-0.4, -0.2) is 60.9 Å². The van der Waals surface area contributed by atoms with Crippen molar-refractivity contribution in [2.75, 3.05) is 18.8 Å². The molecule has 2 rings (SSSR count). The molecule has 1 amide bonds. The number of nitrogens with zero attached hydrogens (tertiary/aromatic N) is 5. The van der Waals surface area contributed by atoms with E-state index in [4.69, 9.17) is 11.5 Å². The van der Waals surface area contributed by atoms with Crippen molar-refractivity contribution in [3.05, 3.63) is 0 Å². The van der Waals surface area contributed by atoms with E-state index in [9.17, 15) is 9.59 Å². The molecule has 1 fully saturated rings. The van der Waals surface area contributed by atoms with E-state index in [2.05, 4.69) is 21.4 Å². The van der Waals surface area contributed by atoms with E-state index in [1.165, 1.54) is 11.8 Å². The molecule has 0 unspecified atom stereocenters. The molecule has 106 valence electrons. The molecular formula is C11H13N5O3S. The number of carbonyl (C=O) groups is 2. The molecule has 1 aliphatic carbocycles. The van der Waals surface area contributed by atoms with E-state index in [1.807, 2.05) is 0 Å². The molecular weight excluding hydrogens is 282 g/mol. The highest BCUT2D eigenvalue weighted by Crippen LogP contribution is 2.36. The van der Waals surface area contributed by atoms with Crippen LogP contribution >= 0.6 is 11.8 Å². The zero-order chi connectivity index (χ0) is 14.5. The Kier molecular flexibility index (Phi) is 4.57. The summed E-state index contributed by atoms with van der Waals surface area (Å²) in [5.74, 6) is 0.889. The molecule has 0 atom stereocenters. The van der Waals surface area contributed by atoms with Crippen molar-refractivity contribution in [3.63, 3.8) is 0 Å². The summed E-state index contributed by atoms with van der Waals surface area (Å²) in [6.07, 6.45) is 7.20. The smallest absolute Gasteiger partial charge is 0.323 e. The van der Waals surface area contributed by atoms with Crippen LogP contribution in [0.15, 0.2) is 5.16 Å². The summed E-state index contributed by atoms with van der Waals surface area (Å²) in [4.78, 5) is 23.7. The van der Waals surface area contributed by atoms with Crippen molar-refractivity contribution in [2.45, 2.75) is 24.0 Å². The molecule has 9 heteroatoms. The Morgan fingerprint density at radius 1 is 1.55 bits per heavy atom. The van der Waals surface area contributed by atoms with Gasteiger partial charge >= 0.3 is 5.97 Å². The van der Waals surface area contributed by atoms with Crippen LogP contribution in [0.5, 0.6) is 0 Å². The molecule has 0 radical (unpaired) electrons. The maximum Gasteiger partial charge on any atom is 0.323 e. The molecule has 20 heavy (non-hydrogen) atoms. The van der Waals surface area contributed by atoms with Gasteiger partial charge in [-0.05, 0) is 23.3 Å². The van der Waals surface area contributed by atoms with Gasteiger partial charge in [-0.3, -0.25) is 9.59 Å². The summed E-state index contributed by atoms with van der Waals surface area (Å²) in [6, 6.07) is 0.323. The Labute approximate surface area is 119 Å². The van der Waals surface area contributed by atoms with Crippen molar-refractivity contribution < 1.29 is 14.7 Å². The van der Waals surface area contributed by atoms with Crippen molar-refractivity contribution >= 4 is 23.6 Å². The Morgan fingerprint density at radius 3 is 2.90 bits per heavy atom. The van der Waals surface area contributed by atoms with Crippen LogP contribution in [0.4, 0.5) is 0 Å². The summed E-state index contributed by atoms with van der Waals surface area (Å²) in [5, 5.41) is 20.6. The van der Waals surface area contributed by atoms with E-state index in [-0.39, 0.29) is 18.2 Å². The number of tetrazole rings is 1. The maximum atomic E-state index is 11.9. The molecule has 1 N–H and O–H groups in total. The van der Waals surface area contributed by atoms with E-state index in [1.54, 1.807) is 4.68 Å². The highest BCUT2D eigenvalue weighted by atomic mass is 32.2. The molecule has 1 aromatic heterocycles. The second kappa shape index (κ2) is 6.38. The summed E-state index contributed by atoms with van der Waals surface area (Å²) in [6.45, 7) is -0.434. The number of carboxylic acids is 1. The minimum Gasteiger partial charge on any atom is -0.480 e. The number of rotatable bonds is 7. The highest BCUT2D eigenvalue weighted by Gasteiger charge is 2.28. The van der Waals surface area contributed by atoms with Gasteiger partial charge in [0, 0.05) is 0 Å². The van der Waals surface area contributed by atoms with Crippen LogP contribution in [0.3, 0.4) is 0 Å². The minimum absolute atomic E-state index is 0.0285. The van der Waals surface area contributed by atoms with E-state index in [0.717, 1.165) is 17.7 Å². The van der Waals surface area contributed by atoms with Crippen LogP contribution < -0.4 is 0 Å². The quantitative estimate of drug-likeness (QED) is 0.541. The van der Waals surface area contributed by atoms with E-state index >= 15 is 0 Å². The number of terminal acetylenes is 1. The maximum absolute atomic E-state index is 11.9. The lowest BCUT2D eigenvalue weighted by Crippen LogP contribution is -2.37.